The minimum absolute atomic E-state index is 0.279. The first-order valence-corrected chi connectivity index (χ1v) is 13.1. The van der Waals surface area contributed by atoms with E-state index in [0.29, 0.717) is 44.9 Å². The van der Waals surface area contributed by atoms with Gasteiger partial charge in [-0.2, -0.15) is 10.2 Å². The van der Waals surface area contributed by atoms with E-state index in [2.05, 4.69) is 32.3 Å². The maximum Gasteiger partial charge on any atom is 0.267 e. The molecule has 0 fully saturated rings. The molecule has 0 spiro atoms. The molecule has 0 aliphatic heterocycles. The maximum absolute atomic E-state index is 14.2. The number of aromatic nitrogens is 7. The van der Waals surface area contributed by atoms with E-state index in [-0.39, 0.29) is 11.5 Å². The van der Waals surface area contributed by atoms with Crippen molar-refractivity contribution in [2.45, 2.75) is 26.8 Å². The van der Waals surface area contributed by atoms with Crippen LogP contribution in [-0.2, 0) is 7.05 Å². The van der Waals surface area contributed by atoms with Crippen LogP contribution in [0, 0.1) is 25.7 Å². The Morgan fingerprint density at radius 3 is 2.54 bits per heavy atom. The molecule has 4 aromatic heterocycles. The highest BCUT2D eigenvalue weighted by molar-refractivity contribution is 6.01. The summed E-state index contributed by atoms with van der Waals surface area (Å²) in [5.74, 6) is 6.33. The van der Waals surface area contributed by atoms with Crippen LogP contribution < -0.4 is 10.9 Å². The highest BCUT2D eigenvalue weighted by atomic mass is 16.2. The summed E-state index contributed by atoms with van der Waals surface area (Å²) in [7, 11) is 1.86. The Morgan fingerprint density at radius 1 is 1.00 bits per heavy atom. The molecule has 0 bridgehead atoms. The van der Waals surface area contributed by atoms with Gasteiger partial charge in [0.05, 0.1) is 45.8 Å². The number of para-hydroxylation sites is 1. The molecular weight excluding hydrogens is 516 g/mol. The Labute approximate surface area is 235 Å². The molecule has 202 valence electrons. The average molecular weight is 543 g/mol. The van der Waals surface area contributed by atoms with Gasteiger partial charge >= 0.3 is 0 Å². The van der Waals surface area contributed by atoms with Crippen molar-refractivity contribution in [2.24, 2.45) is 7.05 Å². The summed E-state index contributed by atoms with van der Waals surface area (Å²) >= 11 is 0. The number of benzene rings is 2. The second kappa shape index (κ2) is 10.2. The van der Waals surface area contributed by atoms with Crippen molar-refractivity contribution in [3.8, 4) is 17.5 Å². The van der Waals surface area contributed by atoms with Crippen molar-refractivity contribution in [3.63, 3.8) is 0 Å². The minimum atomic E-state index is -0.634. The summed E-state index contributed by atoms with van der Waals surface area (Å²) in [6, 6.07) is 15.8. The van der Waals surface area contributed by atoms with Crippen LogP contribution in [0.15, 0.2) is 78.0 Å². The first-order valence-electron chi connectivity index (χ1n) is 13.1. The quantitative estimate of drug-likeness (QED) is 0.340. The van der Waals surface area contributed by atoms with Gasteiger partial charge in [0, 0.05) is 25.0 Å². The van der Waals surface area contributed by atoms with Gasteiger partial charge in [-0.3, -0.25) is 18.8 Å². The van der Waals surface area contributed by atoms with Crippen molar-refractivity contribution >= 4 is 22.5 Å². The van der Waals surface area contributed by atoms with Gasteiger partial charge in [0.15, 0.2) is 5.65 Å². The first kappa shape index (κ1) is 25.7. The molecule has 1 N–H and O–H groups in total. The lowest BCUT2D eigenvalue weighted by Crippen LogP contribution is -2.33. The van der Waals surface area contributed by atoms with Gasteiger partial charge < -0.3 is 5.32 Å². The van der Waals surface area contributed by atoms with Crippen LogP contribution in [0.1, 0.15) is 51.7 Å². The Bertz CT molecular complexity index is 2080. The summed E-state index contributed by atoms with van der Waals surface area (Å²) in [5.41, 5.74) is 4.48. The number of amides is 1. The lowest BCUT2D eigenvalue weighted by molar-refractivity contribution is 0.0938. The van der Waals surface area contributed by atoms with Crippen LogP contribution in [0.2, 0.25) is 0 Å². The van der Waals surface area contributed by atoms with E-state index in [1.54, 1.807) is 53.8 Å². The van der Waals surface area contributed by atoms with E-state index in [1.807, 2.05) is 56.4 Å². The van der Waals surface area contributed by atoms with Crippen molar-refractivity contribution in [1.29, 1.82) is 0 Å². The number of hydrogen-bond donors (Lipinski definition) is 1. The topological polar surface area (TPSA) is 112 Å². The Hall–Kier alpha value is -5.56. The number of rotatable bonds is 4. The number of hydrogen-bond acceptors (Lipinski definition) is 6. The zero-order chi connectivity index (χ0) is 28.7. The van der Waals surface area contributed by atoms with E-state index in [4.69, 9.17) is 4.98 Å². The van der Waals surface area contributed by atoms with E-state index in [9.17, 15) is 9.59 Å². The molecule has 0 saturated heterocycles. The van der Waals surface area contributed by atoms with Gasteiger partial charge in [0.25, 0.3) is 11.5 Å². The molecule has 1 amide bonds. The fourth-order valence-electron chi connectivity index (χ4n) is 4.82. The van der Waals surface area contributed by atoms with Crippen LogP contribution in [-0.4, -0.2) is 39.8 Å². The average Bonchev–Trinajstić information content (AvgIpc) is 3.49. The highest BCUT2D eigenvalue weighted by Gasteiger charge is 2.24. The van der Waals surface area contributed by atoms with Gasteiger partial charge in [0.1, 0.15) is 11.4 Å². The maximum atomic E-state index is 14.2. The van der Waals surface area contributed by atoms with E-state index in [0.717, 1.165) is 11.3 Å². The molecule has 10 heteroatoms. The number of nitrogens with one attached hydrogen (secondary N) is 1. The van der Waals surface area contributed by atoms with Crippen LogP contribution in [0.4, 0.5) is 0 Å². The van der Waals surface area contributed by atoms with Crippen LogP contribution in [0.5, 0.6) is 0 Å². The fraction of sp³-hybridized carbons (Fsp3) is 0.161. The monoisotopic (exact) mass is 542 g/mol. The zero-order valence-electron chi connectivity index (χ0n) is 23.0. The molecule has 10 nitrogen and oxygen atoms in total. The zero-order valence-corrected chi connectivity index (χ0v) is 23.0. The van der Waals surface area contributed by atoms with Gasteiger partial charge in [-0.15, -0.1) is 0 Å². The van der Waals surface area contributed by atoms with Crippen LogP contribution in [0.25, 0.3) is 22.2 Å². The Morgan fingerprint density at radius 2 is 1.78 bits per heavy atom. The van der Waals surface area contributed by atoms with Crippen LogP contribution >= 0.6 is 0 Å². The Balaban J connectivity index is 1.48. The summed E-state index contributed by atoms with van der Waals surface area (Å²) in [5, 5.41) is 12.1. The summed E-state index contributed by atoms with van der Waals surface area (Å²) in [6.45, 7) is 5.50. The van der Waals surface area contributed by atoms with Gasteiger partial charge in [-0.05, 0) is 51.1 Å². The first-order chi connectivity index (χ1) is 19.8. The smallest absolute Gasteiger partial charge is 0.267 e. The fourth-order valence-corrected chi connectivity index (χ4v) is 4.82. The van der Waals surface area contributed by atoms with Crippen molar-refractivity contribution < 1.29 is 4.79 Å². The molecule has 41 heavy (non-hydrogen) atoms. The lowest BCUT2D eigenvalue weighted by atomic mass is 10.1. The molecule has 2 aromatic carbocycles. The lowest BCUT2D eigenvalue weighted by Gasteiger charge is -2.20. The summed E-state index contributed by atoms with van der Waals surface area (Å²) in [6.07, 6.45) is 5.06. The molecule has 6 aromatic rings. The Kier molecular flexibility index (Phi) is 6.40. The van der Waals surface area contributed by atoms with Crippen LogP contribution in [0.3, 0.4) is 0 Å². The highest BCUT2D eigenvalue weighted by Crippen LogP contribution is 2.21. The second-order valence-electron chi connectivity index (χ2n) is 9.71. The largest absolute Gasteiger partial charge is 0.342 e. The molecular formula is C31H26N8O2. The predicted molar refractivity (Wildman–Crippen MR) is 155 cm³/mol. The molecule has 1 unspecified atom stereocenters. The molecule has 6 rings (SSSR count). The van der Waals surface area contributed by atoms with E-state index in [1.165, 1.54) is 4.57 Å². The number of nitrogens with zero attached hydrogens (tertiary/aromatic N) is 7. The molecule has 0 radical (unpaired) electrons. The molecule has 0 aliphatic carbocycles. The van der Waals surface area contributed by atoms with Crippen molar-refractivity contribution in [1.82, 2.24) is 39.2 Å². The third kappa shape index (κ3) is 4.53. The van der Waals surface area contributed by atoms with Crippen molar-refractivity contribution in [3.05, 3.63) is 117 Å². The number of carbonyl (C=O) groups excluding carboxylic acids is 1. The predicted octanol–water partition coefficient (Wildman–Crippen LogP) is 3.67. The number of aryl methyl sites for hydroxylation is 2. The molecule has 1 atom stereocenters. The molecule has 0 saturated carbocycles. The normalized spacial score (nSPS) is 11.8. The van der Waals surface area contributed by atoms with Gasteiger partial charge in [-0.25, -0.2) is 14.5 Å². The molecule has 4 heterocycles. The molecule has 0 aliphatic rings. The second-order valence-corrected chi connectivity index (χ2v) is 9.71. The number of fused-ring (bicyclic) bond motifs is 2. The third-order valence-electron chi connectivity index (χ3n) is 7.04. The van der Waals surface area contributed by atoms with E-state index >= 15 is 0 Å². The third-order valence-corrected chi connectivity index (χ3v) is 7.04. The minimum Gasteiger partial charge on any atom is -0.342 e. The standard InChI is InChI=1S/C31H26N8O2/c1-19-26(29-32-16-9-17-38(29)36-19)30(40)34-20(2)28-35-25-13-8-10-22(14-15-23-18-33-37(4)21(23)3)27(25)31(41)39(28)24-11-6-5-7-12-24/h5-13,16-18,20H,1-4H3,(H,34,40). The SMILES string of the molecule is Cc1nn2cccnc2c1C(=O)NC(C)c1nc2cccc(C#Cc3cnn(C)c3C)c2c(=O)n1-c1ccccc1. The van der Waals surface area contributed by atoms with Gasteiger partial charge in [-0.1, -0.05) is 36.1 Å². The number of carbonyl (C=O) groups is 1. The summed E-state index contributed by atoms with van der Waals surface area (Å²) in [4.78, 5) is 36.9. The van der Waals surface area contributed by atoms with E-state index < -0.39 is 6.04 Å². The summed E-state index contributed by atoms with van der Waals surface area (Å²) < 4.78 is 4.86. The van der Waals surface area contributed by atoms with Crippen molar-refractivity contribution in [2.75, 3.05) is 0 Å². The van der Waals surface area contributed by atoms with Gasteiger partial charge in [0.2, 0.25) is 0 Å².